The molecule has 2 heterocycles. The highest BCUT2D eigenvalue weighted by atomic mass is 19.1. The molecule has 4 nitrogen and oxygen atoms in total. The predicted molar refractivity (Wildman–Crippen MR) is 75.6 cm³/mol. The number of ether oxygens (including phenoxy) is 1. The second kappa shape index (κ2) is 5.75. The predicted octanol–water partition coefficient (Wildman–Crippen LogP) is 2.87. The second-order valence-corrected chi connectivity index (χ2v) is 4.63. The smallest absolute Gasteiger partial charge is 0.357 e. The van der Waals surface area contributed by atoms with Crippen LogP contribution in [0.25, 0.3) is 5.52 Å². The fraction of sp³-hybridized carbons (Fsp3) is 0.125. The third kappa shape index (κ3) is 3.08. The van der Waals surface area contributed by atoms with Crippen LogP contribution in [0.3, 0.4) is 0 Å². The molecule has 0 aliphatic heterocycles. The van der Waals surface area contributed by atoms with Gasteiger partial charge in [0.05, 0.1) is 6.61 Å². The van der Waals surface area contributed by atoms with Crippen molar-refractivity contribution in [3.63, 3.8) is 0 Å². The molecule has 0 unspecified atom stereocenters. The van der Waals surface area contributed by atoms with Crippen molar-refractivity contribution in [2.75, 3.05) is 6.61 Å². The van der Waals surface area contributed by atoms with E-state index in [-0.39, 0.29) is 18.1 Å². The quantitative estimate of drug-likeness (QED) is 0.692. The first-order valence-electron chi connectivity index (χ1n) is 6.57. The SMILES string of the molecule is O=C(OCCc1cccc(F)c1)c1cc2cccn2cn1. The molecular formula is C16H13FN2O2. The molecule has 0 fully saturated rings. The Balaban J connectivity index is 1.61. The van der Waals surface area contributed by atoms with Crippen LogP contribution in [0.5, 0.6) is 0 Å². The number of carbonyl (C=O) groups excluding carboxylic acids is 1. The molecule has 1 aromatic carbocycles. The highest BCUT2D eigenvalue weighted by Gasteiger charge is 2.09. The highest BCUT2D eigenvalue weighted by molar-refractivity contribution is 5.88. The van der Waals surface area contributed by atoms with Crippen molar-refractivity contribution in [3.05, 3.63) is 72.1 Å². The molecule has 0 saturated heterocycles. The monoisotopic (exact) mass is 284 g/mol. The summed E-state index contributed by atoms with van der Waals surface area (Å²) >= 11 is 0. The molecule has 3 rings (SSSR count). The maximum atomic E-state index is 13.0. The van der Waals surface area contributed by atoms with E-state index >= 15 is 0 Å². The van der Waals surface area contributed by atoms with Gasteiger partial charge in [-0.25, -0.2) is 14.2 Å². The average Bonchev–Trinajstić information content (AvgIpc) is 2.94. The van der Waals surface area contributed by atoms with Crippen LogP contribution in [0.1, 0.15) is 16.1 Å². The summed E-state index contributed by atoms with van der Waals surface area (Å²) in [5.74, 6) is -0.769. The molecule has 0 amide bonds. The molecule has 0 aliphatic carbocycles. The van der Waals surface area contributed by atoms with Crippen molar-refractivity contribution < 1.29 is 13.9 Å². The zero-order valence-corrected chi connectivity index (χ0v) is 11.2. The van der Waals surface area contributed by atoms with Crippen molar-refractivity contribution in [2.45, 2.75) is 6.42 Å². The summed E-state index contributed by atoms with van der Waals surface area (Å²) in [6.45, 7) is 0.191. The number of benzene rings is 1. The van der Waals surface area contributed by atoms with Crippen LogP contribution < -0.4 is 0 Å². The molecule has 0 bridgehead atoms. The van der Waals surface area contributed by atoms with Crippen molar-refractivity contribution in [1.82, 2.24) is 9.38 Å². The minimum atomic E-state index is -0.477. The number of esters is 1. The van der Waals surface area contributed by atoms with Crippen LogP contribution >= 0.6 is 0 Å². The van der Waals surface area contributed by atoms with Gasteiger partial charge in [0.1, 0.15) is 12.1 Å². The molecule has 0 radical (unpaired) electrons. The normalized spacial score (nSPS) is 10.7. The number of carbonyl (C=O) groups is 1. The fourth-order valence-corrected chi connectivity index (χ4v) is 2.08. The molecule has 106 valence electrons. The largest absolute Gasteiger partial charge is 0.461 e. The molecule has 0 aliphatic rings. The van der Waals surface area contributed by atoms with E-state index in [1.54, 1.807) is 24.5 Å². The van der Waals surface area contributed by atoms with E-state index in [0.717, 1.165) is 11.1 Å². The molecule has 2 aromatic heterocycles. The van der Waals surface area contributed by atoms with Gasteiger partial charge in [-0.1, -0.05) is 12.1 Å². The lowest BCUT2D eigenvalue weighted by Gasteiger charge is -2.05. The molecule has 0 spiro atoms. The van der Waals surface area contributed by atoms with Gasteiger partial charge in [0.15, 0.2) is 5.69 Å². The second-order valence-electron chi connectivity index (χ2n) is 4.63. The Morgan fingerprint density at radius 2 is 2.14 bits per heavy atom. The van der Waals surface area contributed by atoms with Crippen molar-refractivity contribution in [1.29, 1.82) is 0 Å². The Morgan fingerprint density at radius 3 is 3.00 bits per heavy atom. The number of hydrogen-bond donors (Lipinski definition) is 0. The van der Waals surface area contributed by atoms with Gasteiger partial charge in [-0.05, 0) is 35.9 Å². The number of halogens is 1. The van der Waals surface area contributed by atoms with Crippen molar-refractivity contribution >= 4 is 11.5 Å². The van der Waals surface area contributed by atoms with Crippen LogP contribution in [0.2, 0.25) is 0 Å². The van der Waals surface area contributed by atoms with Crippen molar-refractivity contribution in [3.8, 4) is 0 Å². The van der Waals surface area contributed by atoms with Crippen LogP contribution in [0.15, 0.2) is 55.0 Å². The van der Waals surface area contributed by atoms with Crippen molar-refractivity contribution in [2.24, 2.45) is 0 Å². The lowest BCUT2D eigenvalue weighted by molar-refractivity contribution is 0.0502. The molecule has 0 atom stereocenters. The third-order valence-corrected chi connectivity index (χ3v) is 3.14. The molecule has 21 heavy (non-hydrogen) atoms. The van der Waals surface area contributed by atoms with Crippen LogP contribution in [0, 0.1) is 5.82 Å². The zero-order valence-electron chi connectivity index (χ0n) is 11.2. The summed E-state index contributed by atoms with van der Waals surface area (Å²) in [5.41, 5.74) is 1.93. The first kappa shape index (κ1) is 13.3. The van der Waals surface area contributed by atoms with Gasteiger partial charge in [-0.3, -0.25) is 0 Å². The lowest BCUT2D eigenvalue weighted by atomic mass is 10.1. The highest BCUT2D eigenvalue weighted by Crippen LogP contribution is 2.08. The van der Waals surface area contributed by atoms with Crippen LogP contribution in [0.4, 0.5) is 4.39 Å². The van der Waals surface area contributed by atoms with Gasteiger partial charge in [0.2, 0.25) is 0 Å². The van der Waals surface area contributed by atoms with Gasteiger partial charge in [-0.15, -0.1) is 0 Å². The Labute approximate surface area is 120 Å². The summed E-state index contributed by atoms with van der Waals surface area (Å²) in [6.07, 6.45) is 3.89. The summed E-state index contributed by atoms with van der Waals surface area (Å²) in [7, 11) is 0. The summed E-state index contributed by atoms with van der Waals surface area (Å²) in [6, 6.07) is 11.7. The van der Waals surface area contributed by atoms with Crippen LogP contribution in [-0.2, 0) is 11.2 Å². The molecular weight excluding hydrogens is 271 g/mol. The maximum Gasteiger partial charge on any atom is 0.357 e. The summed E-state index contributed by atoms with van der Waals surface area (Å²) in [4.78, 5) is 15.9. The molecule has 0 N–H and O–H groups in total. The third-order valence-electron chi connectivity index (χ3n) is 3.14. The zero-order chi connectivity index (χ0) is 14.7. The van der Waals surface area contributed by atoms with E-state index in [0.29, 0.717) is 6.42 Å². The number of hydrogen-bond acceptors (Lipinski definition) is 3. The Bertz CT molecular complexity index is 783. The molecule has 5 heteroatoms. The topological polar surface area (TPSA) is 43.6 Å². The van der Waals surface area contributed by atoms with Gasteiger partial charge < -0.3 is 9.14 Å². The fourth-order valence-electron chi connectivity index (χ4n) is 2.08. The Morgan fingerprint density at radius 1 is 1.24 bits per heavy atom. The first-order valence-corrected chi connectivity index (χ1v) is 6.57. The number of fused-ring (bicyclic) bond motifs is 1. The molecule has 3 aromatic rings. The van der Waals surface area contributed by atoms with E-state index in [9.17, 15) is 9.18 Å². The summed E-state index contributed by atoms with van der Waals surface area (Å²) < 4.78 is 20.0. The number of aromatic nitrogens is 2. The Kier molecular flexibility index (Phi) is 3.64. The summed E-state index contributed by atoms with van der Waals surface area (Å²) in [5, 5.41) is 0. The first-order chi connectivity index (χ1) is 10.2. The van der Waals surface area contributed by atoms with Gasteiger partial charge in [-0.2, -0.15) is 0 Å². The van der Waals surface area contributed by atoms with E-state index in [1.165, 1.54) is 12.1 Å². The average molecular weight is 284 g/mol. The van der Waals surface area contributed by atoms with Gasteiger partial charge in [0, 0.05) is 18.1 Å². The van der Waals surface area contributed by atoms with Crippen LogP contribution in [-0.4, -0.2) is 22.0 Å². The van der Waals surface area contributed by atoms with E-state index in [4.69, 9.17) is 4.74 Å². The lowest BCUT2D eigenvalue weighted by Crippen LogP contribution is -2.10. The van der Waals surface area contributed by atoms with E-state index in [2.05, 4.69) is 4.98 Å². The molecule has 0 saturated carbocycles. The van der Waals surface area contributed by atoms with Gasteiger partial charge >= 0.3 is 5.97 Å². The van der Waals surface area contributed by atoms with E-state index in [1.807, 2.05) is 22.7 Å². The number of rotatable bonds is 4. The Hall–Kier alpha value is -2.69. The maximum absolute atomic E-state index is 13.0. The van der Waals surface area contributed by atoms with E-state index < -0.39 is 5.97 Å². The standard InChI is InChI=1S/C16H13FN2O2/c17-13-4-1-3-12(9-13)6-8-21-16(20)15-10-14-5-2-7-19(14)11-18-15/h1-5,7,9-11H,6,8H2. The minimum Gasteiger partial charge on any atom is -0.461 e. The van der Waals surface area contributed by atoms with Gasteiger partial charge in [0.25, 0.3) is 0 Å². The number of nitrogens with zero attached hydrogens (tertiary/aromatic N) is 2. The minimum absolute atomic E-state index is 0.191.